The summed E-state index contributed by atoms with van der Waals surface area (Å²) in [6, 6.07) is 3.25. The van der Waals surface area contributed by atoms with Crippen LogP contribution in [0.25, 0.3) is 0 Å². The summed E-state index contributed by atoms with van der Waals surface area (Å²) in [5.74, 6) is 1.10. The summed E-state index contributed by atoms with van der Waals surface area (Å²) in [5.41, 5.74) is 1.51. The molecule has 0 spiro atoms. The number of carbonyl (C=O) groups is 1. The third kappa shape index (κ3) is 3.56. The van der Waals surface area contributed by atoms with E-state index in [4.69, 9.17) is 9.26 Å². The fraction of sp³-hybridized carbons (Fsp3) is 0.471. The van der Waals surface area contributed by atoms with Crippen LogP contribution in [0.15, 0.2) is 29.0 Å². The van der Waals surface area contributed by atoms with Gasteiger partial charge in [-0.15, -0.1) is 0 Å². The molecule has 0 unspecified atom stereocenters. The van der Waals surface area contributed by atoms with Gasteiger partial charge in [0.15, 0.2) is 0 Å². The van der Waals surface area contributed by atoms with Gasteiger partial charge >= 0.3 is 0 Å². The number of ether oxygens (including phenoxy) is 1. The second-order valence-electron chi connectivity index (χ2n) is 6.07. The first-order valence-electron chi connectivity index (χ1n) is 8.00. The Labute approximate surface area is 140 Å². The van der Waals surface area contributed by atoms with Crippen molar-refractivity contribution >= 4 is 5.91 Å². The molecule has 24 heavy (non-hydrogen) atoms. The molecule has 0 saturated heterocycles. The molecule has 0 radical (unpaired) electrons. The number of aliphatic hydroxyl groups is 1. The number of amides is 1. The maximum absolute atomic E-state index is 12.2. The van der Waals surface area contributed by atoms with E-state index in [9.17, 15) is 9.90 Å². The van der Waals surface area contributed by atoms with E-state index in [1.807, 2.05) is 0 Å². The Kier molecular flexibility index (Phi) is 4.80. The third-order valence-electron chi connectivity index (χ3n) is 4.34. The van der Waals surface area contributed by atoms with E-state index < -0.39 is 6.10 Å². The fourth-order valence-corrected chi connectivity index (χ4v) is 2.99. The van der Waals surface area contributed by atoms with Crippen LogP contribution in [0.4, 0.5) is 0 Å². The van der Waals surface area contributed by atoms with Gasteiger partial charge < -0.3 is 19.7 Å². The molecule has 0 aromatic carbocycles. The van der Waals surface area contributed by atoms with Gasteiger partial charge in [0.25, 0.3) is 0 Å². The highest BCUT2D eigenvalue weighted by Crippen LogP contribution is 2.25. The summed E-state index contributed by atoms with van der Waals surface area (Å²) < 4.78 is 10.8. The minimum absolute atomic E-state index is 0.157. The van der Waals surface area contributed by atoms with E-state index in [2.05, 4.69) is 15.5 Å². The Bertz CT molecular complexity index is 682. The second-order valence-corrected chi connectivity index (χ2v) is 6.07. The molecular formula is C17H21N3O4. The van der Waals surface area contributed by atoms with Crippen molar-refractivity contribution in [2.24, 2.45) is 0 Å². The zero-order valence-corrected chi connectivity index (χ0v) is 13.7. The standard InChI is InChI=1S/C17H21N3O4/c1-10-13(11(2)24-20-10)8-16(21)19-14-5-6-15(17(14)22)23-12-4-3-7-18-9-12/h3-4,7,9,14-15,17,22H,5-6,8H2,1-2H3,(H,19,21)/t14-,15-,17-/m1/s1. The van der Waals surface area contributed by atoms with E-state index in [0.29, 0.717) is 30.0 Å². The highest BCUT2D eigenvalue weighted by atomic mass is 16.5. The van der Waals surface area contributed by atoms with E-state index in [1.165, 1.54) is 0 Å². The average molecular weight is 331 g/mol. The number of carbonyl (C=O) groups excluding carboxylic acids is 1. The van der Waals surface area contributed by atoms with Crippen LogP contribution in [0.1, 0.15) is 29.9 Å². The van der Waals surface area contributed by atoms with Crippen LogP contribution in [0.3, 0.4) is 0 Å². The molecule has 1 aliphatic carbocycles. The van der Waals surface area contributed by atoms with E-state index in [-0.39, 0.29) is 24.5 Å². The largest absolute Gasteiger partial charge is 0.486 e. The van der Waals surface area contributed by atoms with Crippen LogP contribution in [0.2, 0.25) is 0 Å². The molecule has 2 N–H and O–H groups in total. The van der Waals surface area contributed by atoms with Gasteiger partial charge in [0.1, 0.15) is 23.7 Å². The molecule has 1 amide bonds. The Balaban J connectivity index is 1.55. The van der Waals surface area contributed by atoms with Gasteiger partial charge in [-0.3, -0.25) is 9.78 Å². The van der Waals surface area contributed by atoms with Crippen molar-refractivity contribution in [2.45, 2.75) is 51.4 Å². The number of pyridine rings is 1. The molecule has 128 valence electrons. The number of nitrogens with one attached hydrogen (secondary N) is 1. The Morgan fingerprint density at radius 2 is 2.29 bits per heavy atom. The van der Waals surface area contributed by atoms with Crippen molar-refractivity contribution in [1.29, 1.82) is 0 Å². The fourth-order valence-electron chi connectivity index (χ4n) is 2.99. The van der Waals surface area contributed by atoms with Crippen LogP contribution in [0.5, 0.6) is 5.75 Å². The topological polar surface area (TPSA) is 97.5 Å². The van der Waals surface area contributed by atoms with Gasteiger partial charge in [-0.1, -0.05) is 5.16 Å². The summed E-state index contributed by atoms with van der Waals surface area (Å²) in [4.78, 5) is 16.2. The lowest BCUT2D eigenvalue weighted by Crippen LogP contribution is -2.44. The molecular weight excluding hydrogens is 310 g/mol. The van der Waals surface area contributed by atoms with Crippen molar-refractivity contribution < 1.29 is 19.2 Å². The van der Waals surface area contributed by atoms with E-state index in [0.717, 1.165) is 5.56 Å². The average Bonchev–Trinajstić information content (AvgIpc) is 3.07. The van der Waals surface area contributed by atoms with Crippen LogP contribution in [-0.2, 0) is 11.2 Å². The molecule has 3 atom stereocenters. The smallest absolute Gasteiger partial charge is 0.224 e. The Hall–Kier alpha value is -2.41. The molecule has 3 rings (SSSR count). The molecule has 1 saturated carbocycles. The second kappa shape index (κ2) is 7.00. The lowest BCUT2D eigenvalue weighted by molar-refractivity contribution is -0.122. The minimum atomic E-state index is -0.751. The predicted octanol–water partition coefficient (Wildman–Crippen LogP) is 1.32. The van der Waals surface area contributed by atoms with Crippen molar-refractivity contribution in [1.82, 2.24) is 15.5 Å². The highest BCUT2D eigenvalue weighted by molar-refractivity contribution is 5.79. The van der Waals surface area contributed by atoms with Gasteiger partial charge in [-0.05, 0) is 38.8 Å². The number of aryl methyl sites for hydroxylation is 2. The lowest BCUT2D eigenvalue weighted by Gasteiger charge is -2.21. The maximum atomic E-state index is 12.2. The van der Waals surface area contributed by atoms with Gasteiger partial charge in [-0.2, -0.15) is 0 Å². The molecule has 2 aromatic rings. The molecule has 7 nitrogen and oxygen atoms in total. The molecule has 2 heterocycles. The Morgan fingerprint density at radius 3 is 2.96 bits per heavy atom. The number of aliphatic hydroxyl groups excluding tert-OH is 1. The predicted molar refractivity (Wildman–Crippen MR) is 85.5 cm³/mol. The van der Waals surface area contributed by atoms with Gasteiger partial charge in [0.05, 0.1) is 24.4 Å². The van der Waals surface area contributed by atoms with Gasteiger partial charge in [0.2, 0.25) is 5.91 Å². The third-order valence-corrected chi connectivity index (χ3v) is 4.34. The first kappa shape index (κ1) is 16.4. The molecule has 0 bridgehead atoms. The molecule has 1 aliphatic rings. The van der Waals surface area contributed by atoms with Crippen molar-refractivity contribution in [2.75, 3.05) is 0 Å². The van der Waals surface area contributed by atoms with Crippen LogP contribution in [-0.4, -0.2) is 39.4 Å². The summed E-state index contributed by atoms with van der Waals surface area (Å²) in [7, 11) is 0. The zero-order chi connectivity index (χ0) is 17.1. The normalized spacial score (nSPS) is 23.2. The number of rotatable bonds is 5. The van der Waals surface area contributed by atoms with Gasteiger partial charge in [-0.25, -0.2) is 0 Å². The van der Waals surface area contributed by atoms with Crippen LogP contribution in [0, 0.1) is 13.8 Å². The minimum Gasteiger partial charge on any atom is -0.486 e. The van der Waals surface area contributed by atoms with E-state index >= 15 is 0 Å². The molecule has 2 aromatic heterocycles. The maximum Gasteiger partial charge on any atom is 0.224 e. The summed E-state index contributed by atoms with van der Waals surface area (Å²) >= 11 is 0. The summed E-state index contributed by atoms with van der Waals surface area (Å²) in [5, 5.41) is 17.1. The molecule has 1 fully saturated rings. The number of aromatic nitrogens is 2. The summed E-state index contributed by atoms with van der Waals surface area (Å²) in [6.45, 7) is 3.59. The molecule has 0 aliphatic heterocycles. The number of nitrogens with zero attached hydrogens (tertiary/aromatic N) is 2. The van der Waals surface area contributed by atoms with E-state index in [1.54, 1.807) is 38.4 Å². The first-order valence-corrected chi connectivity index (χ1v) is 8.00. The molecule has 7 heteroatoms. The lowest BCUT2D eigenvalue weighted by atomic mass is 10.1. The number of hydrogen-bond donors (Lipinski definition) is 2. The summed E-state index contributed by atoms with van der Waals surface area (Å²) in [6.07, 6.45) is 3.70. The first-order chi connectivity index (χ1) is 11.5. The SMILES string of the molecule is Cc1noc(C)c1CC(=O)N[C@@H]1CC[C@@H](Oc2cccnc2)[C@@H]1O. The highest BCUT2D eigenvalue weighted by Gasteiger charge is 2.37. The monoisotopic (exact) mass is 331 g/mol. The quantitative estimate of drug-likeness (QED) is 0.857. The Morgan fingerprint density at radius 1 is 1.46 bits per heavy atom. The van der Waals surface area contributed by atoms with Gasteiger partial charge in [0, 0.05) is 11.8 Å². The van der Waals surface area contributed by atoms with Crippen LogP contribution >= 0.6 is 0 Å². The number of hydrogen-bond acceptors (Lipinski definition) is 6. The zero-order valence-electron chi connectivity index (χ0n) is 13.7. The van der Waals surface area contributed by atoms with Crippen molar-refractivity contribution in [3.05, 3.63) is 41.5 Å². The van der Waals surface area contributed by atoms with Crippen molar-refractivity contribution in [3.8, 4) is 5.75 Å². The van der Waals surface area contributed by atoms with Crippen LogP contribution < -0.4 is 10.1 Å². The van der Waals surface area contributed by atoms with Crippen molar-refractivity contribution in [3.63, 3.8) is 0 Å².